The number of benzene rings is 1. The molecule has 0 spiro atoms. The van der Waals surface area contributed by atoms with Gasteiger partial charge in [-0.25, -0.2) is 9.97 Å². The largest absolute Gasteiger partial charge is 0.355 e. The van der Waals surface area contributed by atoms with Gasteiger partial charge in [0.15, 0.2) is 5.82 Å². The van der Waals surface area contributed by atoms with Crippen LogP contribution in [0.4, 0.5) is 5.82 Å². The van der Waals surface area contributed by atoms with Crippen LogP contribution in [0, 0.1) is 13.8 Å². The van der Waals surface area contributed by atoms with Gasteiger partial charge in [0, 0.05) is 61.9 Å². The zero-order valence-electron chi connectivity index (χ0n) is 16.7. The predicted molar refractivity (Wildman–Crippen MR) is 113 cm³/mol. The third-order valence-electron chi connectivity index (χ3n) is 5.42. The van der Waals surface area contributed by atoms with Gasteiger partial charge in [-0.1, -0.05) is 30.3 Å². The summed E-state index contributed by atoms with van der Waals surface area (Å²) in [5.74, 6) is 1.82. The quantitative estimate of drug-likeness (QED) is 0.695. The van der Waals surface area contributed by atoms with Crippen LogP contribution in [0.15, 0.2) is 54.9 Å². The van der Waals surface area contributed by atoms with E-state index in [0.29, 0.717) is 0 Å². The Morgan fingerprint density at radius 2 is 1.75 bits per heavy atom. The third-order valence-corrected chi connectivity index (χ3v) is 5.42. The molecular formula is C23H27N5. The van der Waals surface area contributed by atoms with Crippen LogP contribution in [-0.4, -0.2) is 46.0 Å². The SMILES string of the molecule is Cc1nc(-c2cccnc2)nc(N2CCCN(Cc3ccccc3)CC2)c1C. The van der Waals surface area contributed by atoms with Gasteiger partial charge >= 0.3 is 0 Å². The number of rotatable bonds is 4. The molecule has 0 bridgehead atoms. The van der Waals surface area contributed by atoms with Crippen molar-refractivity contribution >= 4 is 5.82 Å². The maximum atomic E-state index is 4.93. The fourth-order valence-electron chi connectivity index (χ4n) is 3.73. The number of pyridine rings is 1. The Labute approximate surface area is 167 Å². The van der Waals surface area contributed by atoms with Crippen molar-refractivity contribution in [3.8, 4) is 11.4 Å². The van der Waals surface area contributed by atoms with Crippen LogP contribution in [0.2, 0.25) is 0 Å². The molecule has 2 aromatic heterocycles. The van der Waals surface area contributed by atoms with Crippen molar-refractivity contribution < 1.29 is 0 Å². The second-order valence-electron chi connectivity index (χ2n) is 7.43. The molecule has 5 nitrogen and oxygen atoms in total. The molecule has 5 heteroatoms. The minimum atomic E-state index is 0.761. The molecule has 0 unspecified atom stereocenters. The third kappa shape index (κ3) is 4.20. The molecule has 28 heavy (non-hydrogen) atoms. The summed E-state index contributed by atoms with van der Waals surface area (Å²) in [6.07, 6.45) is 4.75. The molecule has 1 aliphatic heterocycles. The fourth-order valence-corrected chi connectivity index (χ4v) is 3.73. The lowest BCUT2D eigenvalue weighted by molar-refractivity contribution is 0.285. The Kier molecular flexibility index (Phi) is 5.63. The fraction of sp³-hybridized carbons (Fsp3) is 0.348. The summed E-state index contributed by atoms with van der Waals surface area (Å²) in [5.41, 5.74) is 4.55. The van der Waals surface area contributed by atoms with E-state index < -0.39 is 0 Å². The predicted octanol–water partition coefficient (Wildman–Crippen LogP) is 3.87. The zero-order valence-corrected chi connectivity index (χ0v) is 16.7. The first-order valence-corrected chi connectivity index (χ1v) is 9.97. The molecule has 1 aliphatic rings. The smallest absolute Gasteiger partial charge is 0.163 e. The highest BCUT2D eigenvalue weighted by Gasteiger charge is 2.20. The van der Waals surface area contributed by atoms with Gasteiger partial charge in [-0.05, 0) is 38.0 Å². The molecule has 3 aromatic rings. The normalized spacial score (nSPS) is 15.4. The van der Waals surface area contributed by atoms with Gasteiger partial charge in [0.25, 0.3) is 0 Å². The lowest BCUT2D eigenvalue weighted by Gasteiger charge is -2.25. The summed E-state index contributed by atoms with van der Waals surface area (Å²) in [5, 5.41) is 0. The first-order chi connectivity index (χ1) is 13.7. The van der Waals surface area contributed by atoms with Crippen molar-refractivity contribution in [2.45, 2.75) is 26.8 Å². The Balaban J connectivity index is 1.53. The second kappa shape index (κ2) is 8.48. The molecule has 4 rings (SSSR count). The van der Waals surface area contributed by atoms with Crippen LogP contribution in [0.25, 0.3) is 11.4 Å². The summed E-state index contributed by atoms with van der Waals surface area (Å²) < 4.78 is 0. The van der Waals surface area contributed by atoms with Crippen molar-refractivity contribution in [2.24, 2.45) is 0 Å². The number of hydrogen-bond acceptors (Lipinski definition) is 5. The highest BCUT2D eigenvalue weighted by molar-refractivity contribution is 5.59. The summed E-state index contributed by atoms with van der Waals surface area (Å²) >= 11 is 0. The highest BCUT2D eigenvalue weighted by Crippen LogP contribution is 2.25. The van der Waals surface area contributed by atoms with E-state index in [-0.39, 0.29) is 0 Å². The average molecular weight is 374 g/mol. The molecule has 0 aliphatic carbocycles. The molecule has 0 saturated carbocycles. The standard InChI is InChI=1S/C23H27N5/c1-18-19(2)25-22(21-10-6-11-24-16-21)26-23(18)28-13-7-12-27(14-15-28)17-20-8-4-3-5-9-20/h3-6,8-11,16H,7,12-15,17H2,1-2H3. The number of nitrogens with zero attached hydrogens (tertiary/aromatic N) is 5. The average Bonchev–Trinajstić information content (AvgIpc) is 2.97. The van der Waals surface area contributed by atoms with E-state index in [1.54, 1.807) is 6.20 Å². The van der Waals surface area contributed by atoms with Crippen LogP contribution in [0.1, 0.15) is 23.2 Å². The van der Waals surface area contributed by atoms with Gasteiger partial charge in [0.05, 0.1) is 0 Å². The van der Waals surface area contributed by atoms with Gasteiger partial charge in [-0.2, -0.15) is 0 Å². The van der Waals surface area contributed by atoms with Gasteiger partial charge in [0.1, 0.15) is 5.82 Å². The molecule has 1 fully saturated rings. The van der Waals surface area contributed by atoms with Crippen molar-refractivity contribution in [2.75, 3.05) is 31.1 Å². The molecule has 0 N–H and O–H groups in total. The summed E-state index contributed by atoms with van der Waals surface area (Å²) in [6.45, 7) is 9.37. The first kappa shape index (κ1) is 18.6. The van der Waals surface area contributed by atoms with Crippen molar-refractivity contribution in [1.82, 2.24) is 19.9 Å². The summed E-state index contributed by atoms with van der Waals surface area (Å²) in [6, 6.07) is 14.7. The Morgan fingerprint density at radius 1 is 0.893 bits per heavy atom. The van der Waals surface area contributed by atoms with Crippen LogP contribution >= 0.6 is 0 Å². The number of aromatic nitrogens is 3. The molecular weight excluding hydrogens is 346 g/mol. The minimum absolute atomic E-state index is 0.761. The monoisotopic (exact) mass is 373 g/mol. The highest BCUT2D eigenvalue weighted by atomic mass is 15.3. The Hall–Kier alpha value is -2.79. The molecule has 1 aromatic carbocycles. The number of aryl methyl sites for hydroxylation is 1. The minimum Gasteiger partial charge on any atom is -0.355 e. The van der Waals surface area contributed by atoms with Crippen LogP contribution in [0.5, 0.6) is 0 Å². The van der Waals surface area contributed by atoms with Gasteiger partial charge in [-0.3, -0.25) is 9.88 Å². The summed E-state index contributed by atoms with van der Waals surface area (Å²) in [4.78, 5) is 18.8. The van der Waals surface area contributed by atoms with E-state index in [2.05, 4.69) is 59.0 Å². The number of hydrogen-bond donors (Lipinski definition) is 0. The van der Waals surface area contributed by atoms with E-state index in [1.165, 1.54) is 11.1 Å². The molecule has 3 heterocycles. The van der Waals surface area contributed by atoms with Gasteiger partial charge in [0.2, 0.25) is 0 Å². The molecule has 0 atom stereocenters. The van der Waals surface area contributed by atoms with E-state index in [9.17, 15) is 0 Å². The number of anilines is 1. The van der Waals surface area contributed by atoms with E-state index >= 15 is 0 Å². The maximum Gasteiger partial charge on any atom is 0.163 e. The first-order valence-electron chi connectivity index (χ1n) is 9.97. The van der Waals surface area contributed by atoms with E-state index in [4.69, 9.17) is 9.97 Å². The van der Waals surface area contributed by atoms with Gasteiger partial charge in [-0.15, -0.1) is 0 Å². The molecule has 144 valence electrons. The lowest BCUT2D eigenvalue weighted by Crippen LogP contribution is -2.31. The Bertz CT molecular complexity index is 911. The zero-order chi connectivity index (χ0) is 19.3. The molecule has 0 radical (unpaired) electrons. The summed E-state index contributed by atoms with van der Waals surface area (Å²) in [7, 11) is 0. The van der Waals surface area contributed by atoms with E-state index in [1.807, 2.05) is 18.3 Å². The van der Waals surface area contributed by atoms with Crippen molar-refractivity contribution in [3.05, 3.63) is 71.7 Å². The van der Waals surface area contributed by atoms with Crippen LogP contribution < -0.4 is 4.90 Å². The molecule has 1 saturated heterocycles. The van der Waals surface area contributed by atoms with Crippen LogP contribution in [0.3, 0.4) is 0 Å². The maximum absolute atomic E-state index is 4.93. The van der Waals surface area contributed by atoms with Gasteiger partial charge < -0.3 is 4.90 Å². The van der Waals surface area contributed by atoms with Crippen molar-refractivity contribution in [3.63, 3.8) is 0 Å². The van der Waals surface area contributed by atoms with Crippen molar-refractivity contribution in [1.29, 1.82) is 0 Å². The molecule has 0 amide bonds. The Morgan fingerprint density at radius 3 is 2.54 bits per heavy atom. The topological polar surface area (TPSA) is 45.2 Å². The second-order valence-corrected chi connectivity index (χ2v) is 7.43. The van der Waals surface area contributed by atoms with E-state index in [0.717, 1.165) is 62.0 Å². The lowest BCUT2D eigenvalue weighted by atomic mass is 10.2. The van der Waals surface area contributed by atoms with Crippen LogP contribution in [-0.2, 0) is 6.54 Å².